The van der Waals surface area contributed by atoms with Crippen LogP contribution in [0.5, 0.6) is 0 Å². The van der Waals surface area contributed by atoms with Gasteiger partial charge in [0.25, 0.3) is 0 Å². The molecule has 0 bridgehead atoms. The number of nitrogens with zero attached hydrogens (tertiary/aromatic N) is 4. The molecule has 3 heterocycles. The largest absolute Gasteiger partial charge is 0.367 e. The van der Waals surface area contributed by atoms with Gasteiger partial charge in [-0.15, -0.1) is 0 Å². The van der Waals surface area contributed by atoms with Crippen LogP contribution in [0.3, 0.4) is 0 Å². The SMILES string of the molecule is C[C@@H](Nc1ccn2ncc(C3=NC(C)(C)ON3)c2n1)C1(C)C=C(F)C=C(F)C1. The monoisotopic (exact) mass is 388 g/mol. The molecular formula is C19H22F2N6O. The molecule has 2 aromatic rings. The van der Waals surface area contributed by atoms with Gasteiger partial charge < -0.3 is 5.32 Å². The van der Waals surface area contributed by atoms with Gasteiger partial charge in [-0.3, -0.25) is 0 Å². The van der Waals surface area contributed by atoms with E-state index in [1.165, 1.54) is 6.08 Å². The van der Waals surface area contributed by atoms with Crippen LogP contribution in [0.4, 0.5) is 14.6 Å². The summed E-state index contributed by atoms with van der Waals surface area (Å²) in [7, 11) is 0. The number of amidine groups is 1. The first-order chi connectivity index (χ1) is 13.2. The molecule has 2 atom stereocenters. The summed E-state index contributed by atoms with van der Waals surface area (Å²) in [5.74, 6) is 0.0968. The quantitative estimate of drug-likeness (QED) is 0.836. The fraction of sp³-hybridized carbons (Fsp3) is 0.421. The molecule has 1 aliphatic carbocycles. The van der Waals surface area contributed by atoms with E-state index in [0.29, 0.717) is 22.9 Å². The number of nitrogens with one attached hydrogen (secondary N) is 2. The highest BCUT2D eigenvalue weighted by Gasteiger charge is 2.34. The van der Waals surface area contributed by atoms with E-state index < -0.39 is 22.8 Å². The number of halogens is 2. The fourth-order valence-corrected chi connectivity index (χ4v) is 3.36. The average Bonchev–Trinajstić information content (AvgIpc) is 3.16. The highest BCUT2D eigenvalue weighted by Crippen LogP contribution is 2.38. The van der Waals surface area contributed by atoms with E-state index in [0.717, 1.165) is 6.08 Å². The highest BCUT2D eigenvalue weighted by atomic mass is 19.1. The lowest BCUT2D eigenvalue weighted by Gasteiger charge is -2.35. The van der Waals surface area contributed by atoms with Crippen LogP contribution < -0.4 is 10.8 Å². The van der Waals surface area contributed by atoms with Gasteiger partial charge in [0.15, 0.2) is 17.2 Å². The van der Waals surface area contributed by atoms with E-state index in [4.69, 9.17) is 4.84 Å². The summed E-state index contributed by atoms with van der Waals surface area (Å²) in [6, 6.07) is 1.51. The van der Waals surface area contributed by atoms with Gasteiger partial charge >= 0.3 is 0 Å². The van der Waals surface area contributed by atoms with E-state index >= 15 is 0 Å². The first-order valence-electron chi connectivity index (χ1n) is 9.05. The van der Waals surface area contributed by atoms with Crippen LogP contribution in [0, 0.1) is 5.41 Å². The third-order valence-electron chi connectivity index (χ3n) is 5.07. The second kappa shape index (κ2) is 6.37. The van der Waals surface area contributed by atoms with E-state index in [2.05, 4.69) is 25.9 Å². The molecule has 1 unspecified atom stereocenters. The van der Waals surface area contributed by atoms with Gasteiger partial charge in [0.2, 0.25) is 0 Å². The van der Waals surface area contributed by atoms with Crippen molar-refractivity contribution < 1.29 is 13.6 Å². The van der Waals surface area contributed by atoms with Crippen LogP contribution in [0.2, 0.25) is 0 Å². The number of rotatable bonds is 4. The van der Waals surface area contributed by atoms with Gasteiger partial charge in [-0.1, -0.05) is 6.92 Å². The Kier molecular flexibility index (Phi) is 4.22. The van der Waals surface area contributed by atoms with E-state index in [-0.39, 0.29) is 12.5 Å². The lowest BCUT2D eigenvalue weighted by molar-refractivity contribution is -0.0269. The number of hydrogen-bond donors (Lipinski definition) is 2. The molecule has 0 spiro atoms. The zero-order valence-electron chi connectivity index (χ0n) is 16.1. The van der Waals surface area contributed by atoms with Crippen LogP contribution in [0.1, 0.15) is 39.7 Å². The third kappa shape index (κ3) is 3.37. The summed E-state index contributed by atoms with van der Waals surface area (Å²) in [5.41, 5.74) is 2.71. The molecule has 0 amide bonds. The molecule has 0 aromatic carbocycles. The summed E-state index contributed by atoms with van der Waals surface area (Å²) in [6.07, 6.45) is 5.93. The average molecular weight is 388 g/mol. The van der Waals surface area contributed by atoms with Crippen molar-refractivity contribution in [3.8, 4) is 0 Å². The molecule has 2 N–H and O–H groups in total. The van der Waals surface area contributed by atoms with Crippen LogP contribution in [0.15, 0.2) is 47.3 Å². The van der Waals surface area contributed by atoms with Gasteiger partial charge in [-0.25, -0.2) is 33.6 Å². The normalized spacial score (nSPS) is 25.0. The van der Waals surface area contributed by atoms with E-state index in [9.17, 15) is 8.78 Å². The van der Waals surface area contributed by atoms with Crippen molar-refractivity contribution in [3.05, 3.63) is 47.8 Å². The Morgan fingerprint density at radius 3 is 2.79 bits per heavy atom. The number of hydroxylamine groups is 1. The molecule has 1 aliphatic heterocycles. The van der Waals surface area contributed by atoms with Crippen molar-refractivity contribution in [1.29, 1.82) is 0 Å². The Balaban J connectivity index is 1.62. The van der Waals surface area contributed by atoms with Gasteiger partial charge in [-0.05, 0) is 32.9 Å². The number of fused-ring (bicyclic) bond motifs is 1. The minimum atomic E-state index is -0.714. The smallest absolute Gasteiger partial charge is 0.182 e. The number of hydrogen-bond acceptors (Lipinski definition) is 6. The summed E-state index contributed by atoms with van der Waals surface area (Å²) < 4.78 is 29.1. The van der Waals surface area contributed by atoms with E-state index in [1.54, 1.807) is 23.0 Å². The molecule has 7 nitrogen and oxygen atoms in total. The molecule has 28 heavy (non-hydrogen) atoms. The van der Waals surface area contributed by atoms with Gasteiger partial charge in [0.05, 0.1) is 11.8 Å². The zero-order valence-corrected chi connectivity index (χ0v) is 16.1. The topological polar surface area (TPSA) is 75.8 Å². The maximum atomic E-state index is 13.8. The highest BCUT2D eigenvalue weighted by molar-refractivity contribution is 6.03. The molecule has 148 valence electrons. The Bertz CT molecular complexity index is 1020. The molecule has 4 rings (SSSR count). The van der Waals surface area contributed by atoms with Crippen molar-refractivity contribution in [2.75, 3.05) is 5.32 Å². The molecule has 0 fully saturated rings. The van der Waals surface area contributed by atoms with Crippen molar-refractivity contribution in [1.82, 2.24) is 20.1 Å². The van der Waals surface area contributed by atoms with Crippen LogP contribution in [0.25, 0.3) is 5.65 Å². The minimum Gasteiger partial charge on any atom is -0.367 e. The fourth-order valence-electron chi connectivity index (χ4n) is 3.36. The molecule has 0 saturated carbocycles. The Labute approximate surface area is 161 Å². The maximum absolute atomic E-state index is 13.8. The van der Waals surface area contributed by atoms with Crippen molar-refractivity contribution >= 4 is 17.3 Å². The second-order valence-corrected chi connectivity index (χ2v) is 7.92. The van der Waals surface area contributed by atoms with Gasteiger partial charge in [0.1, 0.15) is 17.5 Å². The Morgan fingerprint density at radius 2 is 2.11 bits per heavy atom. The molecule has 0 radical (unpaired) electrons. The first-order valence-corrected chi connectivity index (χ1v) is 9.05. The summed E-state index contributed by atoms with van der Waals surface area (Å²) in [5, 5.41) is 7.55. The standard InChI is InChI=1S/C19H22F2N6O/c1-11(19(4)8-12(20)7-13(21)9-19)23-15-5-6-27-17(24-15)14(10-22-27)16-25-18(2,3)28-26-16/h5-8,10-11H,9H2,1-4H3,(H,23,24)(H,25,26)/t11-,19?/m1/s1. The number of anilines is 1. The van der Waals surface area contributed by atoms with Gasteiger partial charge in [-0.2, -0.15) is 5.10 Å². The zero-order chi connectivity index (χ0) is 20.1. The third-order valence-corrected chi connectivity index (χ3v) is 5.07. The van der Waals surface area contributed by atoms with Crippen LogP contribution >= 0.6 is 0 Å². The first kappa shape index (κ1) is 18.5. The van der Waals surface area contributed by atoms with Crippen molar-refractivity contribution in [3.63, 3.8) is 0 Å². The number of aromatic nitrogens is 3. The second-order valence-electron chi connectivity index (χ2n) is 7.92. The predicted octanol–water partition coefficient (Wildman–Crippen LogP) is 3.66. The van der Waals surface area contributed by atoms with Crippen molar-refractivity contribution in [2.45, 2.75) is 45.9 Å². The Hall–Kier alpha value is -2.81. The Morgan fingerprint density at radius 1 is 1.32 bits per heavy atom. The van der Waals surface area contributed by atoms with Gasteiger partial charge in [0, 0.05) is 30.2 Å². The van der Waals surface area contributed by atoms with Crippen LogP contribution in [-0.4, -0.2) is 32.2 Å². The number of aliphatic imine (C=N–C) groups is 1. The predicted molar refractivity (Wildman–Crippen MR) is 102 cm³/mol. The van der Waals surface area contributed by atoms with Crippen molar-refractivity contribution in [2.24, 2.45) is 10.4 Å². The summed E-state index contributed by atoms with van der Waals surface area (Å²) in [6.45, 7) is 7.37. The van der Waals surface area contributed by atoms with E-state index in [1.807, 2.05) is 27.7 Å². The lowest BCUT2D eigenvalue weighted by atomic mass is 9.77. The number of allylic oxidation sites excluding steroid dienone is 3. The molecular weight excluding hydrogens is 366 g/mol. The van der Waals surface area contributed by atoms with Crippen LogP contribution in [-0.2, 0) is 4.84 Å². The maximum Gasteiger partial charge on any atom is 0.182 e. The lowest BCUT2D eigenvalue weighted by Crippen LogP contribution is -2.36. The minimum absolute atomic E-state index is 0.127. The molecule has 0 saturated heterocycles. The molecule has 2 aliphatic rings. The summed E-state index contributed by atoms with van der Waals surface area (Å²) in [4.78, 5) is 14.5. The summed E-state index contributed by atoms with van der Waals surface area (Å²) >= 11 is 0. The molecule has 9 heteroatoms. The molecule has 2 aromatic heterocycles.